The number of thiol groups is 1. The molecule has 0 spiro atoms. The third-order valence-electron chi connectivity index (χ3n) is 4.66. The zero-order valence-corrected chi connectivity index (χ0v) is 20.6. The number of thioether (sulfide) groups is 1. The summed E-state index contributed by atoms with van der Waals surface area (Å²) in [6, 6.07) is 6.75. The lowest BCUT2D eigenvalue weighted by Gasteiger charge is -2.24. The summed E-state index contributed by atoms with van der Waals surface area (Å²) in [6.45, 7) is 5.15. The summed E-state index contributed by atoms with van der Waals surface area (Å²) in [4.78, 5) is 49.4. The van der Waals surface area contributed by atoms with Gasteiger partial charge in [0.2, 0.25) is 11.8 Å². The van der Waals surface area contributed by atoms with Crippen LogP contribution in [0.3, 0.4) is 0 Å². The van der Waals surface area contributed by atoms with Gasteiger partial charge in [0.05, 0.1) is 11.8 Å². The van der Waals surface area contributed by atoms with Gasteiger partial charge in [-0.15, -0.1) is 0 Å². The van der Waals surface area contributed by atoms with Crippen LogP contribution in [0.15, 0.2) is 30.3 Å². The number of nitrogens with one attached hydrogen (secondary N) is 3. The fraction of sp³-hybridized carbons (Fsp3) is 0.545. The minimum Gasteiger partial charge on any atom is -0.445 e. The van der Waals surface area contributed by atoms with Gasteiger partial charge in [0.1, 0.15) is 18.7 Å². The molecule has 0 aromatic heterocycles. The number of carbonyl (C=O) groups is 4. The molecule has 3 amide bonds. The average Bonchev–Trinajstić information content (AvgIpc) is 2.78. The van der Waals surface area contributed by atoms with Crippen LogP contribution in [0.1, 0.15) is 32.8 Å². The van der Waals surface area contributed by atoms with Gasteiger partial charge >= 0.3 is 6.09 Å². The highest BCUT2D eigenvalue weighted by Crippen LogP contribution is 2.06. The van der Waals surface area contributed by atoms with Crippen LogP contribution in [0.2, 0.25) is 0 Å². The second-order valence-electron chi connectivity index (χ2n) is 7.63. The van der Waals surface area contributed by atoms with Crippen molar-refractivity contribution in [3.8, 4) is 0 Å². The molecule has 0 saturated carbocycles. The van der Waals surface area contributed by atoms with Crippen LogP contribution in [-0.4, -0.2) is 59.6 Å². The smallest absolute Gasteiger partial charge is 0.408 e. The van der Waals surface area contributed by atoms with E-state index in [1.807, 2.05) is 36.6 Å². The quantitative estimate of drug-likeness (QED) is 0.320. The number of carbonyl (C=O) groups excluding carboxylic acids is 4. The normalized spacial score (nSPS) is 13.6. The second-order valence-corrected chi connectivity index (χ2v) is 8.93. The molecule has 0 radical (unpaired) electrons. The van der Waals surface area contributed by atoms with Crippen molar-refractivity contribution in [2.24, 2.45) is 5.92 Å². The fourth-order valence-electron chi connectivity index (χ4n) is 2.75. The van der Waals surface area contributed by atoms with Gasteiger partial charge in [-0.1, -0.05) is 44.2 Å². The highest BCUT2D eigenvalue weighted by atomic mass is 32.2. The van der Waals surface area contributed by atoms with Crippen LogP contribution < -0.4 is 16.0 Å². The predicted octanol–water partition coefficient (Wildman–Crippen LogP) is 2.18. The van der Waals surface area contributed by atoms with Crippen molar-refractivity contribution >= 4 is 48.1 Å². The highest BCUT2D eigenvalue weighted by Gasteiger charge is 2.29. The lowest BCUT2D eigenvalue weighted by molar-refractivity contribution is -0.131. The van der Waals surface area contributed by atoms with Crippen LogP contribution in [-0.2, 0) is 25.7 Å². The summed E-state index contributed by atoms with van der Waals surface area (Å²) >= 11 is 5.57. The first-order valence-corrected chi connectivity index (χ1v) is 12.4. The standard InChI is InChI=1S/C22H33N3O5S2/c1-14(2)19(25-22(29)30-12-16-8-6-5-7-9-16)21(28)23-15(3)20(27)24-17(10-11-32-4)18(26)13-31/h5-9,14-15,17,19,31H,10-13H2,1-4H3,(H,23,28)(H,24,27)(H,25,29)/t15-,17-,19+/m0/s1. The van der Waals surface area contributed by atoms with Crippen molar-refractivity contribution in [1.29, 1.82) is 0 Å². The molecule has 3 atom stereocenters. The summed E-state index contributed by atoms with van der Waals surface area (Å²) in [5.41, 5.74) is 0.824. The number of alkyl carbamates (subject to hydrolysis) is 1. The average molecular weight is 484 g/mol. The zero-order valence-electron chi connectivity index (χ0n) is 18.9. The Hall–Kier alpha value is -2.20. The van der Waals surface area contributed by atoms with E-state index >= 15 is 0 Å². The predicted molar refractivity (Wildman–Crippen MR) is 130 cm³/mol. The van der Waals surface area contributed by atoms with E-state index in [1.165, 1.54) is 6.92 Å². The second kappa shape index (κ2) is 14.8. The van der Waals surface area contributed by atoms with Gasteiger partial charge in [-0.05, 0) is 36.8 Å². The van der Waals surface area contributed by atoms with Crippen molar-refractivity contribution in [1.82, 2.24) is 16.0 Å². The van der Waals surface area contributed by atoms with Crippen LogP contribution >= 0.6 is 24.4 Å². The fourth-order valence-corrected chi connectivity index (χ4v) is 3.44. The van der Waals surface area contributed by atoms with Crippen molar-refractivity contribution < 1.29 is 23.9 Å². The molecule has 1 aromatic rings. The number of hydrogen-bond donors (Lipinski definition) is 4. The van der Waals surface area contributed by atoms with Crippen LogP contribution in [0.4, 0.5) is 4.79 Å². The molecule has 32 heavy (non-hydrogen) atoms. The van der Waals surface area contributed by atoms with E-state index in [0.29, 0.717) is 12.2 Å². The van der Waals surface area contributed by atoms with E-state index < -0.39 is 36.0 Å². The molecule has 1 rings (SSSR count). The molecule has 0 fully saturated rings. The first-order chi connectivity index (χ1) is 15.2. The van der Waals surface area contributed by atoms with Crippen molar-refractivity contribution in [2.45, 2.75) is 51.9 Å². The molecule has 1 aromatic carbocycles. The largest absolute Gasteiger partial charge is 0.445 e. The van der Waals surface area contributed by atoms with E-state index in [1.54, 1.807) is 25.6 Å². The van der Waals surface area contributed by atoms with Gasteiger partial charge in [0.15, 0.2) is 5.78 Å². The van der Waals surface area contributed by atoms with E-state index in [-0.39, 0.29) is 24.1 Å². The number of benzene rings is 1. The third-order valence-corrected chi connectivity index (χ3v) is 5.61. The maximum absolute atomic E-state index is 12.7. The number of amides is 3. The SMILES string of the molecule is CSCC[C@H](NC(=O)[C@H](C)NC(=O)[C@H](NC(=O)OCc1ccccc1)C(C)C)C(=O)CS. The summed E-state index contributed by atoms with van der Waals surface area (Å²) in [5, 5.41) is 7.83. The van der Waals surface area contributed by atoms with Crippen molar-refractivity contribution in [2.75, 3.05) is 17.8 Å². The Morgan fingerprint density at radius 3 is 2.22 bits per heavy atom. The van der Waals surface area contributed by atoms with E-state index in [2.05, 4.69) is 28.6 Å². The molecular formula is C22H33N3O5S2. The number of Topliss-reactive ketones (excluding diaryl/α,β-unsaturated/α-hetero) is 1. The van der Waals surface area contributed by atoms with Gasteiger partial charge < -0.3 is 20.7 Å². The molecule has 0 bridgehead atoms. The number of ketones is 1. The van der Waals surface area contributed by atoms with Gasteiger partial charge in [-0.2, -0.15) is 24.4 Å². The third kappa shape index (κ3) is 9.95. The van der Waals surface area contributed by atoms with Gasteiger partial charge in [0.25, 0.3) is 0 Å². The molecule has 0 aliphatic carbocycles. The Morgan fingerprint density at radius 1 is 1.00 bits per heavy atom. The van der Waals surface area contributed by atoms with E-state index in [9.17, 15) is 19.2 Å². The molecule has 0 saturated heterocycles. The number of ether oxygens (including phenoxy) is 1. The Kier molecular flexibility index (Phi) is 12.9. The Labute approximate surface area is 199 Å². The lowest BCUT2D eigenvalue weighted by atomic mass is 10.0. The van der Waals surface area contributed by atoms with Gasteiger partial charge in [0, 0.05) is 0 Å². The van der Waals surface area contributed by atoms with Crippen molar-refractivity contribution in [3.63, 3.8) is 0 Å². The summed E-state index contributed by atoms with van der Waals surface area (Å²) in [7, 11) is 0. The minimum absolute atomic E-state index is 0.0184. The summed E-state index contributed by atoms with van der Waals surface area (Å²) in [5.74, 6) is -0.693. The first-order valence-electron chi connectivity index (χ1n) is 10.4. The van der Waals surface area contributed by atoms with Crippen LogP contribution in [0, 0.1) is 5.92 Å². The molecule has 0 heterocycles. The molecule has 0 aliphatic heterocycles. The zero-order chi connectivity index (χ0) is 24.1. The van der Waals surface area contributed by atoms with E-state index in [0.717, 1.165) is 5.56 Å². The monoisotopic (exact) mass is 483 g/mol. The molecule has 10 heteroatoms. The maximum atomic E-state index is 12.7. The number of hydrogen-bond acceptors (Lipinski definition) is 7. The molecule has 178 valence electrons. The van der Waals surface area contributed by atoms with Gasteiger partial charge in [-0.3, -0.25) is 14.4 Å². The molecule has 8 nitrogen and oxygen atoms in total. The van der Waals surface area contributed by atoms with Crippen molar-refractivity contribution in [3.05, 3.63) is 35.9 Å². The van der Waals surface area contributed by atoms with E-state index in [4.69, 9.17) is 4.74 Å². The Balaban J connectivity index is 2.64. The first kappa shape index (κ1) is 27.8. The van der Waals surface area contributed by atoms with Gasteiger partial charge in [-0.25, -0.2) is 4.79 Å². The molecule has 0 unspecified atom stereocenters. The maximum Gasteiger partial charge on any atom is 0.408 e. The summed E-state index contributed by atoms with van der Waals surface area (Å²) < 4.78 is 5.18. The molecule has 0 aliphatic rings. The van der Waals surface area contributed by atoms with Crippen LogP contribution in [0.25, 0.3) is 0 Å². The highest BCUT2D eigenvalue weighted by molar-refractivity contribution is 7.98. The van der Waals surface area contributed by atoms with Crippen LogP contribution in [0.5, 0.6) is 0 Å². The number of rotatable bonds is 13. The molecular weight excluding hydrogens is 450 g/mol. The lowest BCUT2D eigenvalue weighted by Crippen LogP contribution is -2.56. The molecule has 3 N–H and O–H groups in total. The minimum atomic E-state index is -0.893. The summed E-state index contributed by atoms with van der Waals surface area (Å²) in [6.07, 6.45) is 1.67. The Morgan fingerprint density at radius 2 is 1.66 bits per heavy atom. The Bertz CT molecular complexity index is 761. The topological polar surface area (TPSA) is 114 Å².